The van der Waals surface area contributed by atoms with Crippen LogP contribution in [0.15, 0.2) is 53.7 Å². The number of rotatable bonds is 6. The summed E-state index contributed by atoms with van der Waals surface area (Å²) in [6, 6.07) is 12.9. The number of anilines is 1. The van der Waals surface area contributed by atoms with E-state index in [4.69, 9.17) is 9.47 Å². The molecule has 0 saturated carbocycles. The van der Waals surface area contributed by atoms with Gasteiger partial charge in [-0.1, -0.05) is 24.3 Å². The molecule has 4 rings (SSSR count). The first-order valence-electron chi connectivity index (χ1n) is 11.5. The number of ether oxygens (including phenoxy) is 2. The molecule has 2 amide bonds. The van der Waals surface area contributed by atoms with Gasteiger partial charge in [0.15, 0.2) is 0 Å². The number of hydrogen-bond acceptors (Lipinski definition) is 6. The predicted octanol–water partition coefficient (Wildman–Crippen LogP) is 2.92. The van der Waals surface area contributed by atoms with E-state index < -0.39 is 12.0 Å². The number of piperazine rings is 1. The molecule has 2 N–H and O–H groups in total. The molecule has 2 aromatic carbocycles. The van der Waals surface area contributed by atoms with Gasteiger partial charge in [-0.15, -0.1) is 0 Å². The van der Waals surface area contributed by atoms with Crippen molar-refractivity contribution in [3.8, 4) is 5.75 Å². The standard InChI is InChI=1S/C26H32N4O4/c1-17-8-9-18(2)22(14-17)30-12-10-29(11-13-30)16-21-23(25(31)34-4)24(28-26(32)27-21)19-6-5-7-20(15-19)33-3/h5-9,14-15,24H,10-13,16H2,1-4H3,(H2,27,28,32)/t24-/m0/s1. The first-order chi connectivity index (χ1) is 16.4. The minimum Gasteiger partial charge on any atom is -0.497 e. The maximum atomic E-state index is 12.8. The van der Waals surface area contributed by atoms with Crippen molar-refractivity contribution in [2.24, 2.45) is 0 Å². The lowest BCUT2D eigenvalue weighted by molar-refractivity contribution is -0.136. The summed E-state index contributed by atoms with van der Waals surface area (Å²) in [6.07, 6.45) is 0. The Kier molecular flexibility index (Phi) is 7.07. The van der Waals surface area contributed by atoms with Gasteiger partial charge in [-0.2, -0.15) is 0 Å². The highest BCUT2D eigenvalue weighted by molar-refractivity contribution is 5.95. The van der Waals surface area contributed by atoms with Gasteiger partial charge in [0.05, 0.1) is 25.8 Å². The zero-order valence-corrected chi connectivity index (χ0v) is 20.2. The van der Waals surface area contributed by atoms with Crippen LogP contribution >= 0.6 is 0 Å². The number of urea groups is 1. The molecular weight excluding hydrogens is 432 g/mol. The Balaban J connectivity index is 1.56. The molecule has 0 aliphatic carbocycles. The predicted molar refractivity (Wildman–Crippen MR) is 131 cm³/mol. The smallest absolute Gasteiger partial charge is 0.338 e. The molecule has 0 aromatic heterocycles. The minimum absolute atomic E-state index is 0.343. The number of nitrogens with one attached hydrogen (secondary N) is 2. The Bertz CT molecular complexity index is 1110. The number of methoxy groups -OCH3 is 2. The SMILES string of the molecule is COC(=O)C1=C(CN2CCN(c3cc(C)ccc3C)CC2)NC(=O)N[C@H]1c1cccc(OC)c1. The maximum Gasteiger partial charge on any atom is 0.338 e. The van der Waals surface area contributed by atoms with E-state index in [0.717, 1.165) is 31.7 Å². The summed E-state index contributed by atoms with van der Waals surface area (Å²) in [5, 5.41) is 5.72. The number of carbonyl (C=O) groups excluding carboxylic acids is 2. The number of benzene rings is 2. The molecule has 0 spiro atoms. The molecule has 0 bridgehead atoms. The van der Waals surface area contributed by atoms with Gasteiger partial charge in [0.1, 0.15) is 5.75 Å². The van der Waals surface area contributed by atoms with E-state index in [0.29, 0.717) is 23.6 Å². The van der Waals surface area contributed by atoms with E-state index in [-0.39, 0.29) is 6.03 Å². The third-order valence-corrected chi connectivity index (χ3v) is 6.45. The molecule has 34 heavy (non-hydrogen) atoms. The Morgan fingerprint density at radius 3 is 2.53 bits per heavy atom. The minimum atomic E-state index is -0.623. The average molecular weight is 465 g/mol. The summed E-state index contributed by atoms with van der Waals surface area (Å²) in [4.78, 5) is 30.0. The van der Waals surface area contributed by atoms with Crippen LogP contribution in [-0.2, 0) is 9.53 Å². The van der Waals surface area contributed by atoms with Crippen molar-refractivity contribution in [3.05, 3.63) is 70.4 Å². The first-order valence-corrected chi connectivity index (χ1v) is 11.5. The van der Waals surface area contributed by atoms with Gasteiger partial charge in [-0.05, 0) is 48.7 Å². The van der Waals surface area contributed by atoms with Crippen LogP contribution in [0.4, 0.5) is 10.5 Å². The summed E-state index contributed by atoms with van der Waals surface area (Å²) in [5.74, 6) is 0.183. The fraction of sp³-hybridized carbons (Fsp3) is 0.385. The molecule has 0 radical (unpaired) electrons. The number of aryl methyl sites for hydroxylation is 2. The highest BCUT2D eigenvalue weighted by Gasteiger charge is 2.34. The Morgan fingerprint density at radius 1 is 1.06 bits per heavy atom. The summed E-state index contributed by atoms with van der Waals surface area (Å²) in [6.45, 7) is 8.08. The average Bonchev–Trinajstić information content (AvgIpc) is 2.85. The van der Waals surface area contributed by atoms with Crippen molar-refractivity contribution in [2.45, 2.75) is 19.9 Å². The number of esters is 1. The molecule has 2 aromatic rings. The van der Waals surface area contributed by atoms with Crippen molar-refractivity contribution in [1.29, 1.82) is 0 Å². The van der Waals surface area contributed by atoms with Crippen molar-refractivity contribution >= 4 is 17.7 Å². The van der Waals surface area contributed by atoms with Gasteiger partial charge in [0, 0.05) is 44.1 Å². The molecule has 2 aliphatic heterocycles. The van der Waals surface area contributed by atoms with E-state index in [2.05, 4.69) is 52.5 Å². The number of nitrogens with zero attached hydrogens (tertiary/aromatic N) is 2. The molecule has 1 fully saturated rings. The Morgan fingerprint density at radius 2 is 1.82 bits per heavy atom. The molecule has 2 heterocycles. The normalized spacial score (nSPS) is 18.9. The maximum absolute atomic E-state index is 12.8. The van der Waals surface area contributed by atoms with E-state index in [1.165, 1.54) is 23.9 Å². The molecule has 8 heteroatoms. The van der Waals surface area contributed by atoms with E-state index in [1.807, 2.05) is 24.3 Å². The fourth-order valence-electron chi connectivity index (χ4n) is 4.60. The molecule has 8 nitrogen and oxygen atoms in total. The van der Waals surface area contributed by atoms with Crippen LogP contribution in [0, 0.1) is 13.8 Å². The van der Waals surface area contributed by atoms with Crippen LogP contribution in [0.25, 0.3) is 0 Å². The molecule has 1 saturated heterocycles. The van der Waals surface area contributed by atoms with Gasteiger partial charge in [0.25, 0.3) is 0 Å². The van der Waals surface area contributed by atoms with Crippen LogP contribution in [0.1, 0.15) is 22.7 Å². The van der Waals surface area contributed by atoms with Gasteiger partial charge in [-0.25, -0.2) is 9.59 Å². The lowest BCUT2D eigenvalue weighted by Crippen LogP contribution is -2.51. The number of carbonyl (C=O) groups is 2. The van der Waals surface area contributed by atoms with Crippen molar-refractivity contribution in [3.63, 3.8) is 0 Å². The lowest BCUT2D eigenvalue weighted by Gasteiger charge is -2.38. The van der Waals surface area contributed by atoms with Crippen LogP contribution in [0.2, 0.25) is 0 Å². The second-order valence-corrected chi connectivity index (χ2v) is 8.75. The highest BCUT2D eigenvalue weighted by Crippen LogP contribution is 2.30. The first kappa shape index (κ1) is 23.6. The Hall–Kier alpha value is -3.52. The summed E-state index contributed by atoms with van der Waals surface area (Å²) >= 11 is 0. The Labute approximate surface area is 200 Å². The third kappa shape index (κ3) is 5.02. The van der Waals surface area contributed by atoms with Crippen LogP contribution in [-0.4, -0.2) is 63.8 Å². The summed E-state index contributed by atoms with van der Waals surface area (Å²) < 4.78 is 10.4. The molecule has 1 atom stereocenters. The zero-order valence-electron chi connectivity index (χ0n) is 20.2. The van der Waals surface area contributed by atoms with E-state index in [1.54, 1.807) is 7.11 Å². The molecule has 180 valence electrons. The van der Waals surface area contributed by atoms with Crippen LogP contribution in [0.3, 0.4) is 0 Å². The zero-order chi connectivity index (χ0) is 24.2. The molecule has 0 unspecified atom stereocenters. The summed E-state index contributed by atoms with van der Waals surface area (Å²) in [7, 11) is 2.94. The largest absolute Gasteiger partial charge is 0.497 e. The monoisotopic (exact) mass is 464 g/mol. The van der Waals surface area contributed by atoms with Gasteiger partial charge >= 0.3 is 12.0 Å². The molecular formula is C26H32N4O4. The van der Waals surface area contributed by atoms with Crippen LogP contribution in [0.5, 0.6) is 5.75 Å². The fourth-order valence-corrected chi connectivity index (χ4v) is 4.60. The second-order valence-electron chi connectivity index (χ2n) is 8.75. The molecule has 2 aliphatic rings. The highest BCUT2D eigenvalue weighted by atomic mass is 16.5. The summed E-state index contributed by atoms with van der Waals surface area (Å²) in [5.41, 5.74) is 5.52. The van der Waals surface area contributed by atoms with Crippen molar-refractivity contribution < 1.29 is 19.1 Å². The topological polar surface area (TPSA) is 83.1 Å². The van der Waals surface area contributed by atoms with E-state index >= 15 is 0 Å². The third-order valence-electron chi connectivity index (χ3n) is 6.45. The van der Waals surface area contributed by atoms with Gasteiger partial charge in [-0.3, -0.25) is 4.90 Å². The quantitative estimate of drug-likeness (QED) is 0.640. The second kappa shape index (κ2) is 10.2. The number of hydrogen-bond donors (Lipinski definition) is 2. The van der Waals surface area contributed by atoms with Gasteiger partial charge < -0.3 is 25.0 Å². The van der Waals surface area contributed by atoms with Gasteiger partial charge in [0.2, 0.25) is 0 Å². The lowest BCUT2D eigenvalue weighted by atomic mass is 9.94. The van der Waals surface area contributed by atoms with Crippen molar-refractivity contribution in [1.82, 2.24) is 15.5 Å². The van der Waals surface area contributed by atoms with Crippen molar-refractivity contribution in [2.75, 3.05) is 51.8 Å². The van der Waals surface area contributed by atoms with Crippen LogP contribution < -0.4 is 20.3 Å². The van der Waals surface area contributed by atoms with E-state index in [9.17, 15) is 9.59 Å². The number of amides is 2.